The number of hydrogen-bond donors (Lipinski definition) is 1. The Morgan fingerprint density at radius 3 is 2.46 bits per heavy atom. The van der Waals surface area contributed by atoms with Crippen LogP contribution in [-0.4, -0.2) is 24.0 Å². The quantitative estimate of drug-likeness (QED) is 0.782. The zero-order chi connectivity index (χ0) is 17.5. The summed E-state index contributed by atoms with van der Waals surface area (Å²) < 4.78 is 4.60. The molecule has 0 saturated heterocycles. The lowest BCUT2D eigenvalue weighted by molar-refractivity contribution is -0.139. The van der Waals surface area contributed by atoms with E-state index < -0.39 is 0 Å². The third kappa shape index (κ3) is 5.77. The molecule has 0 aliphatic carbocycles. The minimum absolute atomic E-state index is 0.111. The number of aromatic nitrogens is 1. The molecule has 0 radical (unpaired) electrons. The number of amides is 1. The fourth-order valence-corrected chi connectivity index (χ4v) is 3.01. The van der Waals surface area contributed by atoms with Crippen molar-refractivity contribution in [2.24, 2.45) is 5.92 Å². The number of thiazole rings is 1. The highest BCUT2D eigenvalue weighted by Gasteiger charge is 2.10. The highest BCUT2D eigenvalue weighted by molar-refractivity contribution is 7.13. The Morgan fingerprint density at radius 1 is 1.17 bits per heavy atom. The summed E-state index contributed by atoms with van der Waals surface area (Å²) in [6, 6.07) is 8.12. The first kappa shape index (κ1) is 18.1. The summed E-state index contributed by atoms with van der Waals surface area (Å²) >= 11 is 1.30. The summed E-state index contributed by atoms with van der Waals surface area (Å²) in [5.74, 6) is 0.147. The third-order valence-electron chi connectivity index (χ3n) is 3.38. The van der Waals surface area contributed by atoms with E-state index in [4.69, 9.17) is 0 Å². The number of methoxy groups -OCH3 is 1. The molecule has 1 N–H and O–H groups in total. The Labute approximate surface area is 146 Å². The predicted octanol–water partition coefficient (Wildman–Crippen LogP) is 3.24. The van der Waals surface area contributed by atoms with Crippen LogP contribution >= 0.6 is 11.3 Å². The van der Waals surface area contributed by atoms with E-state index in [0.29, 0.717) is 23.2 Å². The van der Waals surface area contributed by atoms with E-state index in [1.165, 1.54) is 24.0 Å². The van der Waals surface area contributed by atoms with Gasteiger partial charge in [-0.25, -0.2) is 4.98 Å². The van der Waals surface area contributed by atoms with E-state index in [1.54, 1.807) is 5.38 Å². The number of hydrogen-bond acceptors (Lipinski definition) is 5. The molecular weight excluding hydrogens is 324 g/mol. The van der Waals surface area contributed by atoms with Crippen molar-refractivity contribution >= 4 is 28.3 Å². The van der Waals surface area contributed by atoms with Gasteiger partial charge in [0.25, 0.3) is 0 Å². The SMILES string of the molecule is COC(=O)Cc1csc(NC(=O)Cc2ccc(CC(C)C)cc2)n1. The van der Waals surface area contributed by atoms with Gasteiger partial charge in [0, 0.05) is 5.38 Å². The predicted molar refractivity (Wildman–Crippen MR) is 95.2 cm³/mol. The maximum absolute atomic E-state index is 12.1. The lowest BCUT2D eigenvalue weighted by Crippen LogP contribution is -2.14. The Balaban J connectivity index is 1.87. The van der Waals surface area contributed by atoms with Gasteiger partial charge in [-0.3, -0.25) is 9.59 Å². The van der Waals surface area contributed by atoms with E-state index in [0.717, 1.165) is 12.0 Å². The van der Waals surface area contributed by atoms with Crippen LogP contribution in [0, 0.1) is 5.92 Å². The number of rotatable bonds is 7. The number of esters is 1. The molecule has 24 heavy (non-hydrogen) atoms. The molecule has 5 nitrogen and oxygen atoms in total. The first-order chi connectivity index (χ1) is 11.5. The van der Waals surface area contributed by atoms with E-state index in [-0.39, 0.29) is 18.3 Å². The molecule has 2 rings (SSSR count). The van der Waals surface area contributed by atoms with Crippen LogP contribution < -0.4 is 5.32 Å². The zero-order valence-corrected chi connectivity index (χ0v) is 15.0. The normalized spacial score (nSPS) is 10.7. The number of carbonyl (C=O) groups excluding carboxylic acids is 2. The smallest absolute Gasteiger partial charge is 0.311 e. The lowest BCUT2D eigenvalue weighted by Gasteiger charge is -2.06. The molecule has 1 aromatic heterocycles. The standard InChI is InChI=1S/C18H22N2O3S/c1-12(2)8-13-4-6-14(7-5-13)9-16(21)20-18-19-15(11-24-18)10-17(22)23-3/h4-7,11-12H,8-10H2,1-3H3,(H,19,20,21). The van der Waals surface area contributed by atoms with Crippen molar-refractivity contribution in [3.05, 3.63) is 46.5 Å². The molecule has 6 heteroatoms. The van der Waals surface area contributed by atoms with Crippen molar-refractivity contribution in [3.63, 3.8) is 0 Å². The van der Waals surface area contributed by atoms with Gasteiger partial charge in [-0.2, -0.15) is 0 Å². The van der Waals surface area contributed by atoms with Gasteiger partial charge in [-0.05, 0) is 23.5 Å². The molecular formula is C18H22N2O3S. The van der Waals surface area contributed by atoms with Crippen LogP contribution in [0.5, 0.6) is 0 Å². The summed E-state index contributed by atoms with van der Waals surface area (Å²) in [7, 11) is 1.34. The molecule has 0 aliphatic rings. The van der Waals surface area contributed by atoms with Crippen LogP contribution in [0.25, 0.3) is 0 Å². The van der Waals surface area contributed by atoms with Gasteiger partial charge in [0.2, 0.25) is 5.91 Å². The van der Waals surface area contributed by atoms with Crippen molar-refractivity contribution < 1.29 is 14.3 Å². The molecule has 0 bridgehead atoms. The number of nitrogens with zero attached hydrogens (tertiary/aromatic N) is 1. The van der Waals surface area contributed by atoms with Gasteiger partial charge in [0.1, 0.15) is 0 Å². The lowest BCUT2D eigenvalue weighted by atomic mass is 10.0. The van der Waals surface area contributed by atoms with Crippen molar-refractivity contribution in [2.45, 2.75) is 33.1 Å². The van der Waals surface area contributed by atoms with Crippen molar-refractivity contribution in [3.8, 4) is 0 Å². The van der Waals surface area contributed by atoms with Crippen molar-refractivity contribution in [2.75, 3.05) is 12.4 Å². The second-order valence-corrected chi connectivity index (χ2v) is 6.89. The molecule has 2 aromatic rings. The highest BCUT2D eigenvalue weighted by atomic mass is 32.1. The molecule has 0 atom stereocenters. The summed E-state index contributed by atoms with van der Waals surface area (Å²) in [6.45, 7) is 4.37. The monoisotopic (exact) mass is 346 g/mol. The van der Waals surface area contributed by atoms with Crippen LogP contribution in [0.1, 0.15) is 30.7 Å². The minimum atomic E-state index is -0.348. The highest BCUT2D eigenvalue weighted by Crippen LogP contribution is 2.17. The molecule has 0 saturated carbocycles. The Bertz CT molecular complexity index is 693. The summed E-state index contributed by atoms with van der Waals surface area (Å²) in [6.07, 6.45) is 1.45. The summed E-state index contributed by atoms with van der Waals surface area (Å²) in [5.41, 5.74) is 2.84. The fourth-order valence-electron chi connectivity index (χ4n) is 2.28. The fraction of sp³-hybridized carbons (Fsp3) is 0.389. The molecule has 1 amide bonds. The summed E-state index contributed by atoms with van der Waals surface area (Å²) in [4.78, 5) is 27.5. The van der Waals surface area contributed by atoms with Gasteiger partial charge in [0.15, 0.2) is 5.13 Å². The largest absolute Gasteiger partial charge is 0.469 e. The number of benzene rings is 1. The van der Waals surface area contributed by atoms with Crippen LogP contribution in [-0.2, 0) is 33.6 Å². The topological polar surface area (TPSA) is 68.3 Å². The molecule has 0 fully saturated rings. The van der Waals surface area contributed by atoms with Crippen LogP contribution in [0.3, 0.4) is 0 Å². The van der Waals surface area contributed by atoms with Crippen molar-refractivity contribution in [1.29, 1.82) is 0 Å². The van der Waals surface area contributed by atoms with Crippen LogP contribution in [0.15, 0.2) is 29.6 Å². The van der Waals surface area contributed by atoms with E-state index in [2.05, 4.69) is 41.0 Å². The number of ether oxygens (including phenoxy) is 1. The number of anilines is 1. The van der Waals surface area contributed by atoms with Crippen LogP contribution in [0.2, 0.25) is 0 Å². The van der Waals surface area contributed by atoms with E-state index in [9.17, 15) is 9.59 Å². The van der Waals surface area contributed by atoms with Gasteiger partial charge in [-0.1, -0.05) is 38.1 Å². The average molecular weight is 346 g/mol. The van der Waals surface area contributed by atoms with E-state index >= 15 is 0 Å². The average Bonchev–Trinajstić information content (AvgIpc) is 2.95. The Kier molecular flexibility index (Phi) is 6.49. The number of carbonyl (C=O) groups is 2. The first-order valence-electron chi connectivity index (χ1n) is 7.85. The van der Waals surface area contributed by atoms with Gasteiger partial charge >= 0.3 is 5.97 Å². The van der Waals surface area contributed by atoms with E-state index in [1.807, 2.05) is 12.1 Å². The molecule has 0 spiro atoms. The third-order valence-corrected chi connectivity index (χ3v) is 4.19. The maximum Gasteiger partial charge on any atom is 0.311 e. The molecule has 1 heterocycles. The molecule has 128 valence electrons. The second kappa shape index (κ2) is 8.59. The maximum atomic E-state index is 12.1. The van der Waals surface area contributed by atoms with Crippen LogP contribution in [0.4, 0.5) is 5.13 Å². The zero-order valence-electron chi connectivity index (χ0n) is 14.2. The van der Waals surface area contributed by atoms with Gasteiger partial charge in [0.05, 0.1) is 25.6 Å². The molecule has 0 unspecified atom stereocenters. The van der Waals surface area contributed by atoms with Crippen molar-refractivity contribution in [1.82, 2.24) is 4.98 Å². The summed E-state index contributed by atoms with van der Waals surface area (Å²) in [5, 5.41) is 5.00. The van der Waals surface area contributed by atoms with Gasteiger partial charge < -0.3 is 10.1 Å². The Morgan fingerprint density at radius 2 is 1.83 bits per heavy atom. The molecule has 1 aromatic carbocycles. The minimum Gasteiger partial charge on any atom is -0.469 e. The second-order valence-electron chi connectivity index (χ2n) is 6.04. The Hall–Kier alpha value is -2.21. The number of nitrogens with one attached hydrogen (secondary N) is 1. The molecule has 0 aliphatic heterocycles. The van der Waals surface area contributed by atoms with Gasteiger partial charge in [-0.15, -0.1) is 11.3 Å². The first-order valence-corrected chi connectivity index (χ1v) is 8.73.